The topological polar surface area (TPSA) is 110 Å². The highest BCUT2D eigenvalue weighted by atomic mass is 16.5. The Bertz CT molecular complexity index is 1340. The van der Waals surface area contributed by atoms with Gasteiger partial charge in [-0.2, -0.15) is 4.98 Å². The van der Waals surface area contributed by atoms with E-state index in [4.69, 9.17) is 4.74 Å². The van der Waals surface area contributed by atoms with E-state index in [1.807, 2.05) is 19.2 Å². The lowest BCUT2D eigenvalue weighted by molar-refractivity contribution is 0.102. The number of rotatable bonds is 4. The molecule has 1 amide bonds. The van der Waals surface area contributed by atoms with Gasteiger partial charge in [0.1, 0.15) is 11.0 Å². The number of nitrogens with one attached hydrogen (secondary N) is 2. The van der Waals surface area contributed by atoms with Crippen LogP contribution in [0.25, 0.3) is 16.7 Å². The van der Waals surface area contributed by atoms with E-state index in [0.29, 0.717) is 46.0 Å². The first-order valence-electron chi connectivity index (χ1n) is 10.9. The highest BCUT2D eigenvalue weighted by Crippen LogP contribution is 2.29. The van der Waals surface area contributed by atoms with Gasteiger partial charge >= 0.3 is 0 Å². The van der Waals surface area contributed by atoms with Crippen molar-refractivity contribution >= 4 is 34.1 Å². The largest absolute Gasteiger partial charge is 0.478 e. The molecule has 4 aromatic rings. The van der Waals surface area contributed by atoms with Crippen LogP contribution in [-0.4, -0.2) is 62.5 Å². The maximum absolute atomic E-state index is 13.3. The quantitative estimate of drug-likeness (QED) is 0.492. The molecule has 10 nitrogen and oxygen atoms in total. The number of ether oxygens (including phenoxy) is 1. The molecule has 1 aliphatic heterocycles. The second-order valence-electron chi connectivity index (χ2n) is 8.46. The minimum absolute atomic E-state index is 0.320. The third kappa shape index (κ3) is 3.93. The van der Waals surface area contributed by atoms with Crippen molar-refractivity contribution in [1.29, 1.82) is 0 Å². The number of methoxy groups -OCH3 is 1. The van der Waals surface area contributed by atoms with Gasteiger partial charge in [-0.15, -0.1) is 0 Å². The number of aromatic nitrogens is 5. The van der Waals surface area contributed by atoms with Gasteiger partial charge in [0.25, 0.3) is 11.8 Å². The van der Waals surface area contributed by atoms with Crippen molar-refractivity contribution in [3.8, 4) is 5.88 Å². The molecule has 1 saturated heterocycles. The molecule has 1 fully saturated rings. The fourth-order valence-electron chi connectivity index (χ4n) is 4.48. The lowest BCUT2D eigenvalue weighted by Crippen LogP contribution is -2.54. The highest BCUT2D eigenvalue weighted by Gasteiger charge is 2.25. The van der Waals surface area contributed by atoms with Crippen molar-refractivity contribution in [1.82, 2.24) is 29.7 Å². The zero-order valence-corrected chi connectivity index (χ0v) is 19.0. The summed E-state index contributed by atoms with van der Waals surface area (Å²) in [4.78, 5) is 33.4. The van der Waals surface area contributed by atoms with Crippen LogP contribution in [0.3, 0.4) is 0 Å². The van der Waals surface area contributed by atoms with Gasteiger partial charge in [0.2, 0.25) is 5.65 Å². The van der Waals surface area contributed by atoms with E-state index in [1.54, 1.807) is 29.1 Å². The first kappa shape index (κ1) is 21.1. The number of aryl methyl sites for hydroxylation is 1. The Balaban J connectivity index is 1.50. The predicted octanol–water partition coefficient (Wildman–Crippen LogP) is 2.43. The molecular formula is C23H26N8O2. The molecule has 0 saturated carbocycles. The molecule has 2 N–H and O–H groups in total. The molecule has 3 aromatic heterocycles. The van der Waals surface area contributed by atoms with Gasteiger partial charge in [0.05, 0.1) is 30.3 Å². The van der Waals surface area contributed by atoms with Crippen LogP contribution in [0.5, 0.6) is 5.88 Å². The number of carbonyl (C=O) groups is 1. The average molecular weight is 447 g/mol. The van der Waals surface area contributed by atoms with Gasteiger partial charge < -0.3 is 20.3 Å². The maximum atomic E-state index is 13.3. The summed E-state index contributed by atoms with van der Waals surface area (Å²) in [6.45, 7) is 7.93. The Morgan fingerprint density at radius 2 is 1.82 bits per heavy atom. The van der Waals surface area contributed by atoms with Crippen molar-refractivity contribution in [3.05, 3.63) is 48.2 Å². The molecule has 0 aliphatic carbocycles. The lowest BCUT2D eigenvalue weighted by Gasteiger charge is -2.38. The Morgan fingerprint density at radius 1 is 1.09 bits per heavy atom. The second kappa shape index (κ2) is 8.28. The molecule has 0 unspecified atom stereocenters. The molecule has 170 valence electrons. The first-order chi connectivity index (χ1) is 15.9. The number of anilines is 2. The molecule has 0 bridgehead atoms. The van der Waals surface area contributed by atoms with E-state index in [-0.39, 0.29) is 5.91 Å². The fourth-order valence-corrected chi connectivity index (χ4v) is 4.48. The minimum atomic E-state index is -0.320. The van der Waals surface area contributed by atoms with E-state index in [9.17, 15) is 4.79 Å². The van der Waals surface area contributed by atoms with Gasteiger partial charge in [-0.1, -0.05) is 0 Å². The molecule has 0 radical (unpaired) electrons. The molecule has 2 atom stereocenters. The van der Waals surface area contributed by atoms with Gasteiger partial charge in [0, 0.05) is 43.8 Å². The monoisotopic (exact) mass is 446 g/mol. The van der Waals surface area contributed by atoms with Crippen molar-refractivity contribution in [2.24, 2.45) is 0 Å². The van der Waals surface area contributed by atoms with Gasteiger partial charge in [-0.3, -0.25) is 19.2 Å². The van der Waals surface area contributed by atoms with Crippen LogP contribution in [0.15, 0.2) is 36.9 Å². The Labute approximate surface area is 191 Å². The average Bonchev–Trinajstić information content (AvgIpc) is 3.17. The fraction of sp³-hybridized carbons (Fsp3) is 0.348. The molecule has 5 rings (SSSR count). The SMILES string of the molecule is COc1nc(NC(=O)c2ccc(N3C[C@@H](C)N[C@H](C)C3)c3nccnc23)cn2cc(C)nc12. The van der Waals surface area contributed by atoms with Crippen LogP contribution in [0.1, 0.15) is 29.9 Å². The Kier molecular flexibility index (Phi) is 5.29. The Hall–Kier alpha value is -3.79. The Morgan fingerprint density at radius 3 is 2.55 bits per heavy atom. The van der Waals surface area contributed by atoms with Crippen LogP contribution >= 0.6 is 0 Å². The minimum Gasteiger partial charge on any atom is -0.478 e. The number of piperazine rings is 1. The lowest BCUT2D eigenvalue weighted by atomic mass is 10.1. The molecular weight excluding hydrogens is 420 g/mol. The van der Waals surface area contributed by atoms with Crippen molar-refractivity contribution in [2.75, 3.05) is 30.4 Å². The van der Waals surface area contributed by atoms with Crippen LogP contribution < -0.4 is 20.3 Å². The van der Waals surface area contributed by atoms with Gasteiger partial charge in [-0.25, -0.2) is 4.98 Å². The summed E-state index contributed by atoms with van der Waals surface area (Å²) in [7, 11) is 1.53. The number of nitrogens with zero attached hydrogens (tertiary/aromatic N) is 6. The number of hydrogen-bond donors (Lipinski definition) is 2. The molecule has 10 heteroatoms. The third-order valence-corrected chi connectivity index (χ3v) is 5.71. The number of fused-ring (bicyclic) bond motifs is 2. The summed E-state index contributed by atoms with van der Waals surface area (Å²) in [5.41, 5.74) is 4.08. The van der Waals surface area contributed by atoms with Crippen LogP contribution in [0.2, 0.25) is 0 Å². The molecule has 33 heavy (non-hydrogen) atoms. The normalized spacial score (nSPS) is 18.6. The van der Waals surface area contributed by atoms with Crippen LogP contribution in [0, 0.1) is 6.92 Å². The van der Waals surface area contributed by atoms with Crippen LogP contribution in [0.4, 0.5) is 11.5 Å². The van der Waals surface area contributed by atoms with E-state index in [0.717, 1.165) is 24.5 Å². The number of hydrogen-bond acceptors (Lipinski definition) is 8. The zero-order valence-electron chi connectivity index (χ0n) is 19.0. The zero-order chi connectivity index (χ0) is 23.1. The van der Waals surface area contributed by atoms with Gasteiger partial charge in [0.15, 0.2) is 5.82 Å². The van der Waals surface area contributed by atoms with Crippen molar-refractivity contribution in [3.63, 3.8) is 0 Å². The summed E-state index contributed by atoms with van der Waals surface area (Å²) in [6.07, 6.45) is 6.82. The number of carbonyl (C=O) groups excluding carboxylic acids is 1. The second-order valence-corrected chi connectivity index (χ2v) is 8.46. The van der Waals surface area contributed by atoms with Crippen molar-refractivity contribution < 1.29 is 9.53 Å². The maximum Gasteiger partial charge on any atom is 0.260 e. The molecule has 0 spiro atoms. The summed E-state index contributed by atoms with van der Waals surface area (Å²) in [6, 6.07) is 4.46. The highest BCUT2D eigenvalue weighted by molar-refractivity contribution is 6.12. The predicted molar refractivity (Wildman–Crippen MR) is 126 cm³/mol. The first-order valence-corrected chi connectivity index (χ1v) is 10.9. The third-order valence-electron chi connectivity index (χ3n) is 5.71. The molecule has 1 aliphatic rings. The summed E-state index contributed by atoms with van der Waals surface area (Å²) in [5, 5.41) is 6.41. The van der Waals surface area contributed by atoms with Crippen molar-refractivity contribution in [2.45, 2.75) is 32.9 Å². The van der Waals surface area contributed by atoms with Crippen LogP contribution in [-0.2, 0) is 0 Å². The summed E-state index contributed by atoms with van der Waals surface area (Å²) in [5.74, 6) is 0.371. The number of benzene rings is 1. The standard InChI is InChI=1S/C23H26N8O2/c1-13-9-30(10-14(2)26-13)17-6-5-16(19-20(17)25-8-7-24-19)22(32)28-18-12-31-11-15(3)27-21(31)23(29-18)33-4/h5-8,11-14,26H,9-10H2,1-4H3,(H,28,32)/t13-,14-/m1/s1. The number of amides is 1. The van der Waals surface area contributed by atoms with E-state index >= 15 is 0 Å². The molecule has 4 heterocycles. The summed E-state index contributed by atoms with van der Waals surface area (Å²) < 4.78 is 7.14. The smallest absolute Gasteiger partial charge is 0.260 e. The summed E-state index contributed by atoms with van der Waals surface area (Å²) >= 11 is 0. The number of imidazole rings is 1. The molecule has 1 aromatic carbocycles. The van der Waals surface area contributed by atoms with E-state index in [1.165, 1.54) is 7.11 Å². The van der Waals surface area contributed by atoms with E-state index in [2.05, 4.69) is 49.3 Å². The van der Waals surface area contributed by atoms with Gasteiger partial charge in [-0.05, 0) is 32.9 Å². The van der Waals surface area contributed by atoms with E-state index < -0.39 is 0 Å².